The Kier molecular flexibility index (Phi) is 5.03. The molecule has 2 bridgehead atoms. The monoisotopic (exact) mass is 378 g/mol. The number of carbonyl (C=O) groups excluding carboxylic acids is 1. The summed E-state index contributed by atoms with van der Waals surface area (Å²) in [4.78, 5) is 12.7. The van der Waals surface area contributed by atoms with Gasteiger partial charge in [-0.3, -0.25) is 4.79 Å². The summed E-state index contributed by atoms with van der Waals surface area (Å²) in [5, 5.41) is 2.87. The van der Waals surface area contributed by atoms with E-state index in [0.29, 0.717) is 50.2 Å². The smallest absolute Gasteiger partial charge is 0.245 e. The Bertz CT molecular complexity index is 773. The molecule has 3 aliphatic rings. The highest BCUT2D eigenvalue weighted by atomic mass is 32.2. The second-order valence-electron chi connectivity index (χ2n) is 7.70. The number of sulfonamides is 1. The number of benzene rings is 1. The fourth-order valence-electron chi connectivity index (χ4n) is 4.79. The first-order chi connectivity index (χ1) is 12.5. The molecule has 1 heterocycles. The van der Waals surface area contributed by atoms with Crippen LogP contribution in [0.15, 0.2) is 29.2 Å². The van der Waals surface area contributed by atoms with Crippen LogP contribution < -0.4 is 5.32 Å². The van der Waals surface area contributed by atoms with Gasteiger partial charge >= 0.3 is 0 Å². The maximum atomic E-state index is 13.0. The summed E-state index contributed by atoms with van der Waals surface area (Å²) < 4.78 is 32.6. The van der Waals surface area contributed by atoms with Crippen molar-refractivity contribution in [1.29, 1.82) is 0 Å². The van der Waals surface area contributed by atoms with Crippen LogP contribution in [-0.4, -0.2) is 44.9 Å². The average Bonchev–Trinajstić information content (AvgIpc) is 3.26. The zero-order valence-corrected chi connectivity index (χ0v) is 15.7. The molecule has 7 heteroatoms. The molecule has 3 fully saturated rings. The minimum Gasteiger partial charge on any atom is -0.379 e. The molecule has 1 aromatic carbocycles. The first-order valence-electron chi connectivity index (χ1n) is 9.51. The maximum Gasteiger partial charge on any atom is 0.245 e. The molecule has 26 heavy (non-hydrogen) atoms. The third kappa shape index (κ3) is 3.52. The Labute approximate surface area is 155 Å². The van der Waals surface area contributed by atoms with Gasteiger partial charge in [0.25, 0.3) is 0 Å². The number of hydrogen-bond acceptors (Lipinski definition) is 4. The van der Waals surface area contributed by atoms with E-state index in [9.17, 15) is 13.2 Å². The van der Waals surface area contributed by atoms with Crippen LogP contribution in [0, 0.1) is 17.8 Å². The van der Waals surface area contributed by atoms with Gasteiger partial charge in [-0.1, -0.05) is 18.6 Å². The molecule has 1 aliphatic heterocycles. The summed E-state index contributed by atoms with van der Waals surface area (Å²) in [6, 6.07) is 6.69. The SMILES string of the molecule is O=C(C[C@H]1C[C@H]2CC[C@H]1C2)Nc1ccccc1S(=O)(=O)N1CCOCC1. The van der Waals surface area contributed by atoms with Gasteiger partial charge in [0.2, 0.25) is 15.9 Å². The van der Waals surface area contributed by atoms with Gasteiger partial charge in [0, 0.05) is 19.5 Å². The van der Waals surface area contributed by atoms with E-state index < -0.39 is 10.0 Å². The van der Waals surface area contributed by atoms with E-state index in [-0.39, 0.29) is 10.8 Å². The van der Waals surface area contributed by atoms with Crippen LogP contribution >= 0.6 is 0 Å². The number of amides is 1. The normalized spacial score (nSPS) is 29.0. The number of hydrogen-bond donors (Lipinski definition) is 1. The lowest BCUT2D eigenvalue weighted by Crippen LogP contribution is -2.40. The number of fused-ring (bicyclic) bond motifs is 2. The Hall–Kier alpha value is -1.44. The number of para-hydroxylation sites is 1. The summed E-state index contributed by atoms with van der Waals surface area (Å²) in [6.45, 7) is 1.49. The molecule has 4 rings (SSSR count). The van der Waals surface area contributed by atoms with Gasteiger partial charge in [0.05, 0.1) is 18.9 Å². The minimum absolute atomic E-state index is 0.0767. The van der Waals surface area contributed by atoms with E-state index >= 15 is 0 Å². The Morgan fingerprint density at radius 2 is 1.92 bits per heavy atom. The van der Waals surface area contributed by atoms with Crippen LogP contribution in [0.4, 0.5) is 5.69 Å². The van der Waals surface area contributed by atoms with Crippen molar-refractivity contribution in [1.82, 2.24) is 4.31 Å². The van der Waals surface area contributed by atoms with Crippen molar-refractivity contribution in [2.45, 2.75) is 37.0 Å². The van der Waals surface area contributed by atoms with Gasteiger partial charge in [-0.2, -0.15) is 4.31 Å². The maximum absolute atomic E-state index is 13.0. The molecule has 0 radical (unpaired) electrons. The van der Waals surface area contributed by atoms with E-state index in [1.165, 1.54) is 23.6 Å². The van der Waals surface area contributed by atoms with Crippen molar-refractivity contribution in [3.05, 3.63) is 24.3 Å². The fourth-order valence-corrected chi connectivity index (χ4v) is 6.34. The number of carbonyl (C=O) groups is 1. The van der Waals surface area contributed by atoms with E-state index in [1.807, 2.05) is 0 Å². The number of anilines is 1. The molecular formula is C19H26N2O4S. The molecule has 0 unspecified atom stereocenters. The third-order valence-corrected chi connectivity index (χ3v) is 8.04. The van der Waals surface area contributed by atoms with E-state index in [2.05, 4.69) is 5.32 Å². The van der Waals surface area contributed by atoms with Crippen molar-refractivity contribution in [2.75, 3.05) is 31.6 Å². The van der Waals surface area contributed by atoms with Crippen LogP contribution in [-0.2, 0) is 19.6 Å². The summed E-state index contributed by atoms with van der Waals surface area (Å²) in [6.07, 6.45) is 5.45. The zero-order valence-electron chi connectivity index (χ0n) is 14.9. The van der Waals surface area contributed by atoms with Gasteiger partial charge in [0.1, 0.15) is 4.90 Å². The highest BCUT2D eigenvalue weighted by molar-refractivity contribution is 7.89. The summed E-state index contributed by atoms with van der Waals surface area (Å²) >= 11 is 0. The molecule has 1 aromatic rings. The highest BCUT2D eigenvalue weighted by Gasteiger charge is 2.40. The molecule has 1 amide bonds. The van der Waals surface area contributed by atoms with Gasteiger partial charge in [0.15, 0.2) is 0 Å². The number of rotatable bonds is 5. The molecule has 6 nitrogen and oxygen atoms in total. The minimum atomic E-state index is -3.64. The lowest BCUT2D eigenvalue weighted by molar-refractivity contribution is -0.117. The largest absolute Gasteiger partial charge is 0.379 e. The second-order valence-corrected chi connectivity index (χ2v) is 9.61. The number of nitrogens with zero attached hydrogens (tertiary/aromatic N) is 1. The lowest BCUT2D eigenvalue weighted by Gasteiger charge is -2.27. The van der Waals surface area contributed by atoms with Crippen molar-refractivity contribution < 1.29 is 17.9 Å². The van der Waals surface area contributed by atoms with Crippen LogP contribution in [0.1, 0.15) is 32.1 Å². The molecule has 2 saturated carbocycles. The number of ether oxygens (including phenoxy) is 1. The zero-order chi connectivity index (χ0) is 18.1. The van der Waals surface area contributed by atoms with Gasteiger partial charge in [-0.05, 0) is 49.1 Å². The molecule has 1 N–H and O–H groups in total. The van der Waals surface area contributed by atoms with E-state index in [4.69, 9.17) is 4.74 Å². The average molecular weight is 378 g/mol. The van der Waals surface area contributed by atoms with Gasteiger partial charge in [-0.15, -0.1) is 0 Å². The van der Waals surface area contributed by atoms with Gasteiger partial charge in [-0.25, -0.2) is 8.42 Å². The Morgan fingerprint density at radius 1 is 1.15 bits per heavy atom. The number of nitrogens with one attached hydrogen (secondary N) is 1. The molecule has 0 spiro atoms. The summed E-state index contributed by atoms with van der Waals surface area (Å²) in [7, 11) is -3.64. The first kappa shape index (κ1) is 17.9. The lowest BCUT2D eigenvalue weighted by atomic mass is 9.86. The van der Waals surface area contributed by atoms with Crippen LogP contribution in [0.5, 0.6) is 0 Å². The molecule has 0 aromatic heterocycles. The Balaban J connectivity index is 1.47. The first-order valence-corrected chi connectivity index (χ1v) is 10.9. The van der Waals surface area contributed by atoms with Crippen molar-refractivity contribution >= 4 is 21.6 Å². The highest BCUT2D eigenvalue weighted by Crippen LogP contribution is 2.49. The molecule has 1 saturated heterocycles. The third-order valence-electron chi connectivity index (χ3n) is 6.08. The predicted molar refractivity (Wildman–Crippen MR) is 98.2 cm³/mol. The van der Waals surface area contributed by atoms with Crippen LogP contribution in [0.2, 0.25) is 0 Å². The standard InChI is InChI=1S/C19H26N2O4S/c22-19(13-16-12-14-5-6-15(16)11-14)20-17-3-1-2-4-18(17)26(23,24)21-7-9-25-10-8-21/h1-4,14-16H,5-13H2,(H,20,22)/t14-,15-,16+/m0/s1. The molecular weight excluding hydrogens is 352 g/mol. The van der Waals surface area contributed by atoms with Crippen molar-refractivity contribution in [3.63, 3.8) is 0 Å². The predicted octanol–water partition coefficient (Wildman–Crippen LogP) is 2.47. The Morgan fingerprint density at radius 3 is 2.62 bits per heavy atom. The topological polar surface area (TPSA) is 75.7 Å². The van der Waals surface area contributed by atoms with Crippen molar-refractivity contribution in [3.8, 4) is 0 Å². The van der Waals surface area contributed by atoms with Crippen LogP contribution in [0.3, 0.4) is 0 Å². The van der Waals surface area contributed by atoms with E-state index in [1.54, 1.807) is 24.3 Å². The van der Waals surface area contributed by atoms with Crippen LogP contribution in [0.25, 0.3) is 0 Å². The summed E-state index contributed by atoms with van der Waals surface area (Å²) in [5.41, 5.74) is 0.382. The van der Waals surface area contributed by atoms with Crippen molar-refractivity contribution in [2.24, 2.45) is 17.8 Å². The second kappa shape index (κ2) is 7.29. The molecule has 142 valence electrons. The fraction of sp³-hybridized carbons (Fsp3) is 0.632. The van der Waals surface area contributed by atoms with E-state index in [0.717, 1.165) is 12.3 Å². The summed E-state index contributed by atoms with van der Waals surface area (Å²) in [5.74, 6) is 1.86. The number of morpholine rings is 1. The molecule has 3 atom stereocenters. The van der Waals surface area contributed by atoms with Gasteiger partial charge < -0.3 is 10.1 Å². The molecule has 2 aliphatic carbocycles. The quantitative estimate of drug-likeness (QED) is 0.854.